The molecule has 0 unspecified atom stereocenters. The third kappa shape index (κ3) is 2.69. The van der Waals surface area contributed by atoms with Gasteiger partial charge in [0.05, 0.1) is 16.8 Å². The number of aromatic nitrogens is 3. The van der Waals surface area contributed by atoms with Gasteiger partial charge >= 0.3 is 0 Å². The van der Waals surface area contributed by atoms with Crippen LogP contribution in [0.2, 0.25) is 0 Å². The molecule has 0 fully saturated rings. The highest BCUT2D eigenvalue weighted by atomic mass is 32.1. The van der Waals surface area contributed by atoms with Gasteiger partial charge in [0.15, 0.2) is 5.78 Å². The fourth-order valence-corrected chi connectivity index (χ4v) is 2.53. The Balaban J connectivity index is 2.16. The topological polar surface area (TPSA) is 58.6 Å². The van der Waals surface area contributed by atoms with Gasteiger partial charge in [-0.25, -0.2) is 4.98 Å². The van der Waals surface area contributed by atoms with Crippen LogP contribution in [0.5, 0.6) is 0 Å². The number of nitrogens with one attached hydrogen (secondary N) is 1. The predicted molar refractivity (Wildman–Crippen MR) is 90.2 cm³/mol. The molecule has 0 radical (unpaired) electrons. The lowest BCUT2D eigenvalue weighted by Gasteiger charge is -2.04. The molecule has 0 saturated carbocycles. The van der Waals surface area contributed by atoms with E-state index in [2.05, 4.69) is 40.2 Å². The number of benzene rings is 1. The van der Waals surface area contributed by atoms with Crippen LogP contribution in [0, 0.1) is 0 Å². The summed E-state index contributed by atoms with van der Waals surface area (Å²) in [6, 6.07) is 9.57. The van der Waals surface area contributed by atoms with E-state index in [0.29, 0.717) is 11.4 Å². The average Bonchev–Trinajstić information content (AvgIpc) is 2.97. The molecule has 4 nitrogen and oxygen atoms in total. The smallest absolute Gasteiger partial charge is 0.190 e. The van der Waals surface area contributed by atoms with Gasteiger partial charge in [0.1, 0.15) is 11.5 Å². The molecule has 3 aromatic rings. The second-order valence-corrected chi connectivity index (χ2v) is 5.19. The summed E-state index contributed by atoms with van der Waals surface area (Å²) >= 11 is 8.25. The number of rotatable bonds is 4. The standard InChI is InChI=1S/C15H13N3OS2/c19-13(7-20)12-6-9(4-5-16-12)10-2-1-3-11-15(10)18-14(8-21)17-11/h1-6,20-21H,7-8H2,(H,17,18). The fraction of sp³-hybridized carbons (Fsp3) is 0.133. The van der Waals surface area contributed by atoms with Crippen molar-refractivity contribution >= 4 is 42.1 Å². The Morgan fingerprint density at radius 1 is 1.24 bits per heavy atom. The molecule has 0 amide bonds. The number of hydrogen-bond acceptors (Lipinski definition) is 5. The second-order valence-electron chi connectivity index (χ2n) is 4.55. The Labute approximate surface area is 132 Å². The Kier molecular flexibility index (Phi) is 3.98. The van der Waals surface area contributed by atoms with Gasteiger partial charge in [-0.1, -0.05) is 12.1 Å². The molecule has 1 N–H and O–H groups in total. The third-order valence-corrected chi connectivity index (χ3v) is 3.80. The zero-order chi connectivity index (χ0) is 14.8. The number of nitrogens with zero attached hydrogens (tertiary/aromatic N) is 2. The number of Topliss-reactive ketones (excluding diaryl/α,β-unsaturated/α-hetero) is 1. The molecule has 0 aliphatic heterocycles. The van der Waals surface area contributed by atoms with Crippen molar-refractivity contribution in [2.24, 2.45) is 0 Å². The summed E-state index contributed by atoms with van der Waals surface area (Å²) in [5, 5.41) is 0. The minimum atomic E-state index is -0.0922. The van der Waals surface area contributed by atoms with Crippen LogP contribution in [0.1, 0.15) is 16.3 Å². The van der Waals surface area contributed by atoms with E-state index in [1.807, 2.05) is 24.3 Å². The zero-order valence-electron chi connectivity index (χ0n) is 11.1. The molecule has 0 bridgehead atoms. The van der Waals surface area contributed by atoms with Crippen molar-refractivity contribution in [3.05, 3.63) is 48.0 Å². The SMILES string of the molecule is O=C(CS)c1cc(-c2cccc3[nH]c(CS)nc23)ccn1. The molecule has 0 spiro atoms. The molecule has 3 rings (SSSR count). The highest BCUT2D eigenvalue weighted by Crippen LogP contribution is 2.27. The normalized spacial score (nSPS) is 11.0. The first kappa shape index (κ1) is 14.2. The van der Waals surface area contributed by atoms with Crippen molar-refractivity contribution < 1.29 is 4.79 Å². The van der Waals surface area contributed by atoms with Crippen LogP contribution in [0.4, 0.5) is 0 Å². The Hall–Kier alpha value is -1.79. The summed E-state index contributed by atoms with van der Waals surface area (Å²) in [6.45, 7) is 0. The Bertz CT molecular complexity index is 814. The lowest BCUT2D eigenvalue weighted by atomic mass is 10.0. The van der Waals surface area contributed by atoms with Crippen LogP contribution in [0.25, 0.3) is 22.2 Å². The fourth-order valence-electron chi connectivity index (χ4n) is 2.22. The maximum atomic E-state index is 11.7. The molecule has 0 aliphatic carbocycles. The number of pyridine rings is 1. The van der Waals surface area contributed by atoms with E-state index in [-0.39, 0.29) is 11.5 Å². The van der Waals surface area contributed by atoms with Gasteiger partial charge in [0, 0.05) is 17.5 Å². The number of aromatic amines is 1. The van der Waals surface area contributed by atoms with Crippen LogP contribution in [0.15, 0.2) is 36.5 Å². The van der Waals surface area contributed by atoms with Gasteiger partial charge in [0.25, 0.3) is 0 Å². The average molecular weight is 315 g/mol. The molecular formula is C15H13N3OS2. The highest BCUT2D eigenvalue weighted by molar-refractivity contribution is 7.81. The maximum absolute atomic E-state index is 11.7. The molecular weight excluding hydrogens is 302 g/mol. The van der Waals surface area contributed by atoms with Crippen molar-refractivity contribution in [3.8, 4) is 11.1 Å². The summed E-state index contributed by atoms with van der Waals surface area (Å²) in [5.74, 6) is 1.42. The molecule has 2 aromatic heterocycles. The molecule has 0 aliphatic rings. The lowest BCUT2D eigenvalue weighted by molar-refractivity contribution is 0.101. The number of carbonyl (C=O) groups is 1. The molecule has 1 aromatic carbocycles. The van der Waals surface area contributed by atoms with Gasteiger partial charge in [-0.05, 0) is 23.8 Å². The summed E-state index contributed by atoms with van der Waals surface area (Å²) < 4.78 is 0. The number of para-hydroxylation sites is 1. The zero-order valence-corrected chi connectivity index (χ0v) is 12.9. The number of hydrogen-bond donors (Lipinski definition) is 3. The first-order valence-corrected chi connectivity index (χ1v) is 7.68. The number of thiol groups is 2. The van der Waals surface area contributed by atoms with Crippen molar-refractivity contribution in [1.82, 2.24) is 15.0 Å². The van der Waals surface area contributed by atoms with Crippen molar-refractivity contribution in [3.63, 3.8) is 0 Å². The monoisotopic (exact) mass is 315 g/mol. The van der Waals surface area contributed by atoms with E-state index < -0.39 is 0 Å². The van der Waals surface area contributed by atoms with Crippen LogP contribution < -0.4 is 0 Å². The van der Waals surface area contributed by atoms with Crippen molar-refractivity contribution in [2.75, 3.05) is 5.75 Å². The quantitative estimate of drug-likeness (QED) is 0.512. The van der Waals surface area contributed by atoms with E-state index in [9.17, 15) is 4.79 Å². The van der Waals surface area contributed by atoms with E-state index >= 15 is 0 Å². The van der Waals surface area contributed by atoms with E-state index in [4.69, 9.17) is 0 Å². The Morgan fingerprint density at radius 2 is 2.10 bits per heavy atom. The number of carbonyl (C=O) groups excluding carboxylic acids is 1. The molecule has 0 saturated heterocycles. The van der Waals surface area contributed by atoms with Crippen LogP contribution >= 0.6 is 25.3 Å². The van der Waals surface area contributed by atoms with Crippen molar-refractivity contribution in [2.45, 2.75) is 5.75 Å². The van der Waals surface area contributed by atoms with Gasteiger partial charge in [-0.15, -0.1) is 0 Å². The number of H-pyrrole nitrogens is 1. The minimum absolute atomic E-state index is 0.0922. The van der Waals surface area contributed by atoms with Gasteiger partial charge in [-0.2, -0.15) is 25.3 Å². The first-order valence-electron chi connectivity index (χ1n) is 6.42. The minimum Gasteiger partial charge on any atom is -0.341 e. The largest absolute Gasteiger partial charge is 0.341 e. The number of imidazole rings is 1. The van der Waals surface area contributed by atoms with Gasteiger partial charge in [0.2, 0.25) is 0 Å². The summed E-state index contributed by atoms with van der Waals surface area (Å²) in [6.07, 6.45) is 1.64. The summed E-state index contributed by atoms with van der Waals surface area (Å²) in [4.78, 5) is 23.6. The molecule has 2 heterocycles. The summed E-state index contributed by atoms with van der Waals surface area (Å²) in [5.41, 5.74) is 4.13. The van der Waals surface area contributed by atoms with Crippen LogP contribution in [0.3, 0.4) is 0 Å². The second kappa shape index (κ2) is 5.91. The van der Waals surface area contributed by atoms with Gasteiger partial charge in [-0.3, -0.25) is 9.78 Å². The molecule has 106 valence electrons. The predicted octanol–water partition coefficient (Wildman–Crippen LogP) is 3.17. The van der Waals surface area contributed by atoms with Crippen molar-refractivity contribution in [1.29, 1.82) is 0 Å². The summed E-state index contributed by atoms with van der Waals surface area (Å²) in [7, 11) is 0. The highest BCUT2D eigenvalue weighted by Gasteiger charge is 2.11. The van der Waals surface area contributed by atoms with E-state index in [0.717, 1.165) is 28.0 Å². The number of fused-ring (bicyclic) bond motifs is 1. The van der Waals surface area contributed by atoms with Crippen LogP contribution in [-0.2, 0) is 5.75 Å². The van der Waals surface area contributed by atoms with E-state index in [1.54, 1.807) is 12.3 Å². The van der Waals surface area contributed by atoms with Gasteiger partial charge < -0.3 is 4.98 Å². The third-order valence-electron chi connectivity index (χ3n) is 3.21. The number of ketones is 1. The van der Waals surface area contributed by atoms with E-state index in [1.165, 1.54) is 0 Å². The Morgan fingerprint density at radius 3 is 2.86 bits per heavy atom. The molecule has 0 atom stereocenters. The van der Waals surface area contributed by atoms with Crippen LogP contribution in [-0.4, -0.2) is 26.5 Å². The molecule has 21 heavy (non-hydrogen) atoms. The first-order chi connectivity index (χ1) is 10.2. The maximum Gasteiger partial charge on any atom is 0.190 e. The lowest BCUT2D eigenvalue weighted by Crippen LogP contribution is -2.03. The molecule has 6 heteroatoms.